The first kappa shape index (κ1) is 41.6. The van der Waals surface area contributed by atoms with Crippen molar-refractivity contribution in [2.75, 3.05) is 0 Å². The van der Waals surface area contributed by atoms with Gasteiger partial charge in [0.15, 0.2) is 11.2 Å². The zero-order valence-electron chi connectivity index (χ0n) is 41.3. The maximum absolute atomic E-state index is 7.08. The summed E-state index contributed by atoms with van der Waals surface area (Å²) in [5, 5.41) is 11.2. The molecule has 6 nitrogen and oxygen atoms in total. The van der Waals surface area contributed by atoms with Gasteiger partial charge < -0.3 is 18.3 Å². The SMILES string of the molecule is c1ccc2c(c1)Oc1ccccc1C21c2cc(-n3c4ccccc4c4ccc5c6ccccc6oc5c43)sc2C2(c3ccccc3Oc3ccccc32)c2cc(-n3c4ccccc4c4ccc5c6ccccc6oc5c43)sc21. The molecule has 3 aliphatic rings. The summed E-state index contributed by atoms with van der Waals surface area (Å²) in [5.41, 5.74) is 12.8. The highest BCUT2D eigenvalue weighted by Gasteiger charge is 2.61. The summed E-state index contributed by atoms with van der Waals surface area (Å²) in [6, 6.07) is 83.5. The van der Waals surface area contributed by atoms with E-state index in [4.69, 9.17) is 18.3 Å². The van der Waals surface area contributed by atoms with Crippen molar-refractivity contribution in [3.63, 3.8) is 0 Å². The molecule has 2 spiro atoms. The summed E-state index contributed by atoms with van der Waals surface area (Å²) in [7, 11) is 0. The van der Waals surface area contributed by atoms with E-state index in [2.05, 4.69) is 240 Å². The molecule has 1 aliphatic carbocycles. The lowest BCUT2D eigenvalue weighted by atomic mass is 9.54. The van der Waals surface area contributed by atoms with Crippen LogP contribution in [0, 0.1) is 0 Å². The number of benzene rings is 10. The molecule has 19 rings (SSSR count). The number of nitrogens with zero attached hydrogens (tertiary/aromatic N) is 2. The monoisotopic (exact) mass is 1030 g/mol. The minimum Gasteiger partial charge on any atom is -0.457 e. The lowest BCUT2D eigenvalue weighted by Crippen LogP contribution is -2.45. The van der Waals surface area contributed by atoms with Gasteiger partial charge in [0.2, 0.25) is 0 Å². The van der Waals surface area contributed by atoms with Crippen LogP contribution in [0.4, 0.5) is 0 Å². The van der Waals surface area contributed by atoms with Crippen molar-refractivity contribution in [3.05, 3.63) is 274 Å². The molecular weight excluding hydrogens is 997 g/mol. The van der Waals surface area contributed by atoms with Crippen LogP contribution >= 0.6 is 22.7 Å². The topological polar surface area (TPSA) is 54.6 Å². The Morgan fingerprint density at radius 2 is 0.628 bits per heavy atom. The Bertz CT molecular complexity index is 4860. The third kappa shape index (κ3) is 4.91. The standard InChI is InChI=1S/C70H38N2O4S2/c1-9-25-53-39(17-1)43-33-35-45-41-19-3-11-27-55(41)75-65(45)63(43)71(53)61-37-51-67(77-61)70(49-23-7-15-31-59(49)74-60-32-16-8-24-50(60)70)52-38-62(78-68(52)69(51)47-21-5-13-29-57(47)73-58-30-14-6-22-48(58)69)72-54-26-10-2-18-40(54)44-34-36-46-42-20-4-12-28-56(42)76-66(46)64(44)72/h1-38H. The van der Waals surface area contributed by atoms with Crippen LogP contribution in [0.5, 0.6) is 23.0 Å². The molecule has 6 aromatic heterocycles. The fourth-order valence-electron chi connectivity index (χ4n) is 14.3. The van der Waals surface area contributed by atoms with Gasteiger partial charge in [-0.1, -0.05) is 158 Å². The Balaban J connectivity index is 1.02. The molecule has 0 bridgehead atoms. The third-order valence-electron chi connectivity index (χ3n) is 17.3. The van der Waals surface area contributed by atoms with E-state index < -0.39 is 10.8 Å². The van der Waals surface area contributed by atoms with Crippen LogP contribution in [0.15, 0.2) is 239 Å². The van der Waals surface area contributed by atoms with Crippen LogP contribution in [-0.4, -0.2) is 9.13 Å². The largest absolute Gasteiger partial charge is 0.457 e. The van der Waals surface area contributed by atoms with E-state index in [1.54, 1.807) is 0 Å². The van der Waals surface area contributed by atoms with Crippen LogP contribution in [0.2, 0.25) is 0 Å². The highest BCUT2D eigenvalue weighted by molar-refractivity contribution is 7.16. The lowest BCUT2D eigenvalue weighted by molar-refractivity contribution is 0.418. The molecule has 0 N–H and O–H groups in total. The van der Waals surface area contributed by atoms with Gasteiger partial charge in [-0.3, -0.25) is 9.13 Å². The van der Waals surface area contributed by atoms with Gasteiger partial charge in [-0.2, -0.15) is 0 Å². The number of aromatic nitrogens is 2. The Morgan fingerprint density at radius 1 is 0.295 bits per heavy atom. The highest BCUT2D eigenvalue weighted by Crippen LogP contribution is 2.70. The molecule has 8 heterocycles. The Morgan fingerprint density at radius 3 is 1.04 bits per heavy atom. The van der Waals surface area contributed by atoms with Crippen molar-refractivity contribution in [2.45, 2.75) is 10.8 Å². The highest BCUT2D eigenvalue weighted by atomic mass is 32.1. The molecule has 0 amide bonds. The van der Waals surface area contributed by atoms with Gasteiger partial charge in [0.1, 0.15) is 44.2 Å². The van der Waals surface area contributed by atoms with Crippen LogP contribution in [-0.2, 0) is 10.8 Å². The molecular formula is C70H38N2O4S2. The van der Waals surface area contributed by atoms with E-state index in [0.29, 0.717) is 0 Å². The van der Waals surface area contributed by atoms with Gasteiger partial charge in [0.05, 0.1) is 32.9 Å². The van der Waals surface area contributed by atoms with Crippen LogP contribution in [0.25, 0.3) is 97.5 Å². The average molecular weight is 1040 g/mol. The molecule has 0 saturated heterocycles. The van der Waals surface area contributed by atoms with Gasteiger partial charge >= 0.3 is 0 Å². The number of fused-ring (bicyclic) bond motifs is 28. The molecule has 0 unspecified atom stereocenters. The molecule has 364 valence electrons. The molecule has 2 aliphatic heterocycles. The summed E-state index contributed by atoms with van der Waals surface area (Å²) < 4.78 is 33.1. The molecule has 0 fully saturated rings. The molecule has 78 heavy (non-hydrogen) atoms. The van der Waals surface area contributed by atoms with Crippen molar-refractivity contribution in [2.24, 2.45) is 0 Å². The number of hydrogen-bond donors (Lipinski definition) is 0. The van der Waals surface area contributed by atoms with E-state index in [1.165, 1.54) is 31.7 Å². The number of furan rings is 2. The summed E-state index contributed by atoms with van der Waals surface area (Å²) in [4.78, 5) is 2.43. The maximum Gasteiger partial charge on any atom is 0.160 e. The first-order valence-corrected chi connectivity index (χ1v) is 28.0. The number of hydrogen-bond acceptors (Lipinski definition) is 6. The van der Waals surface area contributed by atoms with Crippen molar-refractivity contribution in [3.8, 4) is 33.0 Å². The van der Waals surface area contributed by atoms with Crippen molar-refractivity contribution in [1.82, 2.24) is 9.13 Å². The first-order chi connectivity index (χ1) is 38.7. The minimum absolute atomic E-state index is 0.834. The Labute approximate surface area is 452 Å². The van der Waals surface area contributed by atoms with Gasteiger partial charge in [0.25, 0.3) is 0 Å². The normalized spacial score (nSPS) is 14.6. The second kappa shape index (κ2) is 14.7. The molecule has 8 heteroatoms. The van der Waals surface area contributed by atoms with Crippen molar-refractivity contribution in [1.29, 1.82) is 0 Å². The molecule has 0 radical (unpaired) electrons. The molecule has 0 saturated carbocycles. The van der Waals surface area contributed by atoms with Gasteiger partial charge in [-0.25, -0.2) is 0 Å². The number of ether oxygens (including phenoxy) is 2. The second-order valence-electron chi connectivity index (χ2n) is 20.9. The molecule has 0 atom stereocenters. The van der Waals surface area contributed by atoms with Gasteiger partial charge in [-0.05, 0) is 83.9 Å². The fraction of sp³-hybridized carbons (Fsp3) is 0.0286. The fourth-order valence-corrected chi connectivity index (χ4v) is 17.3. The lowest BCUT2D eigenvalue weighted by Gasteiger charge is -2.50. The molecule has 10 aromatic carbocycles. The zero-order chi connectivity index (χ0) is 50.6. The number of thiophene rings is 2. The average Bonchev–Trinajstić information content (AvgIpc) is 4.46. The zero-order valence-corrected chi connectivity index (χ0v) is 42.9. The summed E-state index contributed by atoms with van der Waals surface area (Å²) >= 11 is 3.75. The third-order valence-corrected chi connectivity index (χ3v) is 19.8. The number of para-hydroxylation sites is 8. The smallest absolute Gasteiger partial charge is 0.160 e. The summed E-state index contributed by atoms with van der Waals surface area (Å²) in [5.74, 6) is 3.34. The summed E-state index contributed by atoms with van der Waals surface area (Å²) in [6.45, 7) is 0. The maximum atomic E-state index is 7.08. The predicted octanol–water partition coefficient (Wildman–Crippen LogP) is 19.1. The van der Waals surface area contributed by atoms with Crippen molar-refractivity contribution < 1.29 is 18.3 Å². The Hall–Kier alpha value is -9.60. The quantitative estimate of drug-likeness (QED) is 0.173. The van der Waals surface area contributed by atoms with Gasteiger partial charge in [-0.15, -0.1) is 22.7 Å². The van der Waals surface area contributed by atoms with Crippen LogP contribution in [0.1, 0.15) is 43.1 Å². The summed E-state index contributed by atoms with van der Waals surface area (Å²) in [6.07, 6.45) is 0. The Kier molecular flexibility index (Phi) is 7.82. The number of rotatable bonds is 2. The van der Waals surface area contributed by atoms with Crippen LogP contribution in [0.3, 0.4) is 0 Å². The second-order valence-corrected chi connectivity index (χ2v) is 23.0. The van der Waals surface area contributed by atoms with E-state index in [0.717, 1.165) is 132 Å². The van der Waals surface area contributed by atoms with Crippen molar-refractivity contribution >= 4 is 110 Å². The first-order valence-electron chi connectivity index (χ1n) is 26.4. The van der Waals surface area contributed by atoms with Gasteiger partial charge in [0, 0.05) is 75.1 Å². The van der Waals surface area contributed by atoms with Crippen LogP contribution < -0.4 is 9.47 Å². The van der Waals surface area contributed by atoms with E-state index in [1.807, 2.05) is 22.7 Å². The predicted molar refractivity (Wildman–Crippen MR) is 316 cm³/mol. The van der Waals surface area contributed by atoms with E-state index >= 15 is 0 Å². The van der Waals surface area contributed by atoms with E-state index in [9.17, 15) is 0 Å². The van der Waals surface area contributed by atoms with E-state index in [-0.39, 0.29) is 0 Å². The molecule has 16 aromatic rings. The minimum atomic E-state index is -0.873.